The summed E-state index contributed by atoms with van der Waals surface area (Å²) in [5.74, 6) is 0.436. The van der Waals surface area contributed by atoms with Crippen molar-refractivity contribution < 1.29 is 14.3 Å². The quantitative estimate of drug-likeness (QED) is 0.866. The number of carbonyl (C=O) groups excluding carboxylic acids is 2. The van der Waals surface area contributed by atoms with Gasteiger partial charge in [0.05, 0.1) is 20.1 Å². The van der Waals surface area contributed by atoms with E-state index in [9.17, 15) is 9.59 Å². The van der Waals surface area contributed by atoms with Gasteiger partial charge in [-0.05, 0) is 49.6 Å². The van der Waals surface area contributed by atoms with Gasteiger partial charge in [0.2, 0.25) is 11.8 Å². The van der Waals surface area contributed by atoms with Crippen LogP contribution in [0.5, 0.6) is 5.75 Å². The molecule has 5 nitrogen and oxygen atoms in total. The lowest BCUT2D eigenvalue weighted by atomic mass is 10.1. The molecular weight excluding hydrogens is 328 g/mol. The SMILES string of the molecule is COc1ccc(CC(=O)N(C)CC(=O)Nc2c(C)cc(C)cc2C)cc1. The molecule has 0 unspecified atom stereocenters. The molecule has 0 atom stereocenters. The summed E-state index contributed by atoms with van der Waals surface area (Å²) in [5, 5.41) is 2.92. The fourth-order valence-corrected chi connectivity index (χ4v) is 2.91. The van der Waals surface area contributed by atoms with Crippen molar-refractivity contribution in [3.8, 4) is 5.75 Å². The molecule has 5 heteroatoms. The number of ether oxygens (including phenoxy) is 1. The molecule has 0 heterocycles. The summed E-state index contributed by atoms with van der Waals surface area (Å²) in [4.78, 5) is 26.1. The van der Waals surface area contributed by atoms with Crippen molar-refractivity contribution in [3.05, 3.63) is 58.7 Å². The molecule has 0 aliphatic carbocycles. The van der Waals surface area contributed by atoms with Crippen LogP contribution in [0.15, 0.2) is 36.4 Å². The molecular formula is C21H26N2O3. The number of amides is 2. The van der Waals surface area contributed by atoms with E-state index in [4.69, 9.17) is 4.74 Å². The van der Waals surface area contributed by atoms with Gasteiger partial charge in [-0.2, -0.15) is 0 Å². The van der Waals surface area contributed by atoms with E-state index in [1.54, 1.807) is 14.2 Å². The van der Waals surface area contributed by atoms with Crippen molar-refractivity contribution in [1.29, 1.82) is 0 Å². The third kappa shape index (κ3) is 5.09. The number of hydrogen-bond donors (Lipinski definition) is 1. The second-order valence-electron chi connectivity index (χ2n) is 6.60. The molecule has 0 saturated carbocycles. The Kier molecular flexibility index (Phi) is 6.39. The number of nitrogens with zero attached hydrogens (tertiary/aromatic N) is 1. The summed E-state index contributed by atoms with van der Waals surface area (Å²) < 4.78 is 5.11. The summed E-state index contributed by atoms with van der Waals surface area (Å²) in [6, 6.07) is 11.4. The number of anilines is 1. The molecule has 2 aromatic carbocycles. The predicted octanol–water partition coefficient (Wildman–Crippen LogP) is 3.26. The van der Waals surface area contributed by atoms with Crippen LogP contribution in [0.3, 0.4) is 0 Å². The highest BCUT2D eigenvalue weighted by atomic mass is 16.5. The van der Waals surface area contributed by atoms with E-state index < -0.39 is 0 Å². The Hall–Kier alpha value is -2.82. The number of carbonyl (C=O) groups is 2. The largest absolute Gasteiger partial charge is 0.497 e. The van der Waals surface area contributed by atoms with Gasteiger partial charge in [-0.1, -0.05) is 29.8 Å². The van der Waals surface area contributed by atoms with E-state index in [2.05, 4.69) is 5.32 Å². The molecule has 26 heavy (non-hydrogen) atoms. The Morgan fingerprint density at radius 3 is 2.15 bits per heavy atom. The minimum atomic E-state index is -0.203. The fourth-order valence-electron chi connectivity index (χ4n) is 2.91. The van der Waals surface area contributed by atoms with Crippen molar-refractivity contribution in [2.45, 2.75) is 27.2 Å². The van der Waals surface area contributed by atoms with E-state index in [1.807, 2.05) is 57.2 Å². The monoisotopic (exact) mass is 354 g/mol. The average Bonchev–Trinajstić information content (AvgIpc) is 2.58. The average molecular weight is 354 g/mol. The lowest BCUT2D eigenvalue weighted by Crippen LogP contribution is -2.36. The van der Waals surface area contributed by atoms with Gasteiger partial charge in [0.15, 0.2) is 0 Å². The number of likely N-dealkylation sites (N-methyl/N-ethyl adjacent to an activating group) is 1. The van der Waals surface area contributed by atoms with E-state index in [1.165, 1.54) is 4.90 Å². The van der Waals surface area contributed by atoms with Gasteiger partial charge in [-0.3, -0.25) is 9.59 Å². The molecule has 0 aliphatic heterocycles. The maximum atomic E-state index is 12.3. The minimum Gasteiger partial charge on any atom is -0.497 e. The van der Waals surface area contributed by atoms with Gasteiger partial charge in [0.1, 0.15) is 5.75 Å². The maximum Gasteiger partial charge on any atom is 0.243 e. The van der Waals surface area contributed by atoms with Crippen LogP contribution in [0.2, 0.25) is 0 Å². The van der Waals surface area contributed by atoms with Crippen molar-refractivity contribution in [3.63, 3.8) is 0 Å². The first kappa shape index (κ1) is 19.5. The summed E-state index contributed by atoms with van der Waals surface area (Å²) in [7, 11) is 3.24. The van der Waals surface area contributed by atoms with Crippen molar-refractivity contribution in [1.82, 2.24) is 4.90 Å². The van der Waals surface area contributed by atoms with Crippen LogP contribution in [0, 0.1) is 20.8 Å². The smallest absolute Gasteiger partial charge is 0.243 e. The number of benzene rings is 2. The molecule has 0 aliphatic rings. The van der Waals surface area contributed by atoms with Crippen LogP contribution in [-0.4, -0.2) is 37.4 Å². The molecule has 0 spiro atoms. The highest BCUT2D eigenvalue weighted by molar-refractivity contribution is 5.96. The Morgan fingerprint density at radius 2 is 1.62 bits per heavy atom. The van der Waals surface area contributed by atoms with Crippen LogP contribution in [0.4, 0.5) is 5.69 Å². The zero-order valence-corrected chi connectivity index (χ0v) is 16.1. The van der Waals surface area contributed by atoms with Crippen LogP contribution < -0.4 is 10.1 Å². The Bertz CT molecular complexity index is 774. The number of aryl methyl sites for hydroxylation is 3. The second-order valence-corrected chi connectivity index (χ2v) is 6.60. The molecule has 0 bridgehead atoms. The van der Waals surface area contributed by atoms with Crippen LogP contribution in [-0.2, 0) is 16.0 Å². The third-order valence-corrected chi connectivity index (χ3v) is 4.26. The highest BCUT2D eigenvalue weighted by Crippen LogP contribution is 2.21. The first-order chi connectivity index (χ1) is 12.3. The van der Waals surface area contributed by atoms with E-state index in [0.717, 1.165) is 33.7 Å². The van der Waals surface area contributed by atoms with Crippen LogP contribution in [0.1, 0.15) is 22.3 Å². The summed E-state index contributed by atoms with van der Waals surface area (Å²) in [6.45, 7) is 5.97. The molecule has 1 N–H and O–H groups in total. The number of nitrogens with one attached hydrogen (secondary N) is 1. The second kappa shape index (κ2) is 8.52. The molecule has 2 amide bonds. The summed E-state index contributed by atoms with van der Waals surface area (Å²) in [5.41, 5.74) is 4.89. The zero-order chi connectivity index (χ0) is 19.3. The summed E-state index contributed by atoms with van der Waals surface area (Å²) in [6.07, 6.45) is 0.246. The Morgan fingerprint density at radius 1 is 1.04 bits per heavy atom. The molecule has 2 aromatic rings. The van der Waals surface area contributed by atoms with Gasteiger partial charge in [-0.25, -0.2) is 0 Å². The van der Waals surface area contributed by atoms with Crippen molar-refractivity contribution in [2.24, 2.45) is 0 Å². The number of rotatable bonds is 6. The maximum absolute atomic E-state index is 12.3. The fraction of sp³-hybridized carbons (Fsp3) is 0.333. The molecule has 0 fully saturated rings. The van der Waals surface area contributed by atoms with Crippen LogP contribution >= 0.6 is 0 Å². The van der Waals surface area contributed by atoms with Gasteiger partial charge < -0.3 is 15.0 Å². The van der Waals surface area contributed by atoms with Gasteiger partial charge >= 0.3 is 0 Å². The molecule has 0 radical (unpaired) electrons. The molecule has 2 rings (SSSR count). The standard InChI is InChI=1S/C21H26N2O3/c1-14-10-15(2)21(16(3)11-14)22-19(24)13-23(4)20(25)12-17-6-8-18(26-5)9-7-17/h6-11H,12-13H2,1-5H3,(H,22,24). The van der Waals surface area contributed by atoms with Gasteiger partial charge in [0.25, 0.3) is 0 Å². The first-order valence-electron chi connectivity index (χ1n) is 8.54. The van der Waals surface area contributed by atoms with Gasteiger partial charge in [-0.15, -0.1) is 0 Å². The molecule has 138 valence electrons. The molecule has 0 saturated heterocycles. The van der Waals surface area contributed by atoms with E-state index in [0.29, 0.717) is 0 Å². The van der Waals surface area contributed by atoms with Gasteiger partial charge in [0, 0.05) is 12.7 Å². The van der Waals surface area contributed by atoms with Crippen molar-refractivity contribution >= 4 is 17.5 Å². The van der Waals surface area contributed by atoms with E-state index in [-0.39, 0.29) is 24.8 Å². The van der Waals surface area contributed by atoms with Crippen LogP contribution in [0.25, 0.3) is 0 Å². The lowest BCUT2D eigenvalue weighted by molar-refractivity contribution is -0.132. The predicted molar refractivity (Wildman–Crippen MR) is 104 cm³/mol. The first-order valence-corrected chi connectivity index (χ1v) is 8.54. The normalized spacial score (nSPS) is 10.3. The zero-order valence-electron chi connectivity index (χ0n) is 16.1. The topological polar surface area (TPSA) is 58.6 Å². The molecule has 0 aromatic heterocycles. The minimum absolute atomic E-state index is 0.0156. The lowest BCUT2D eigenvalue weighted by Gasteiger charge is -2.18. The Balaban J connectivity index is 1.94. The van der Waals surface area contributed by atoms with Crippen molar-refractivity contribution in [2.75, 3.05) is 26.0 Å². The highest BCUT2D eigenvalue weighted by Gasteiger charge is 2.15. The van der Waals surface area contributed by atoms with E-state index >= 15 is 0 Å². The third-order valence-electron chi connectivity index (χ3n) is 4.26. The Labute approximate surface area is 155 Å². The summed E-state index contributed by atoms with van der Waals surface area (Å²) >= 11 is 0. The number of hydrogen-bond acceptors (Lipinski definition) is 3. The number of methoxy groups -OCH3 is 1.